The Morgan fingerprint density at radius 3 is 2.53 bits per heavy atom. The monoisotopic (exact) mass is 266 g/mol. The van der Waals surface area contributed by atoms with E-state index in [1.54, 1.807) is 0 Å². The summed E-state index contributed by atoms with van der Waals surface area (Å²) in [5, 5.41) is 21.2. The number of carbonyl (C=O) groups is 1. The van der Waals surface area contributed by atoms with E-state index in [1.165, 1.54) is 0 Å². The molecule has 0 radical (unpaired) electrons. The van der Waals surface area contributed by atoms with Crippen molar-refractivity contribution in [3.63, 3.8) is 0 Å². The smallest absolute Gasteiger partial charge is 0.326 e. The van der Waals surface area contributed by atoms with E-state index in [1.807, 2.05) is 38.1 Å². The van der Waals surface area contributed by atoms with Crippen LogP contribution in [-0.2, 0) is 11.2 Å². The second-order valence-electron chi connectivity index (χ2n) is 5.01. The number of rotatable bonds is 7. The number of hydrogen-bond donors (Lipinski definition) is 4. The summed E-state index contributed by atoms with van der Waals surface area (Å²) in [6, 6.07) is 6.44. The molecule has 0 heterocycles. The molecule has 0 unspecified atom stereocenters. The Morgan fingerprint density at radius 2 is 2.00 bits per heavy atom. The van der Waals surface area contributed by atoms with Gasteiger partial charge in [-0.25, -0.2) is 4.79 Å². The molecule has 2 atom stereocenters. The fraction of sp³-hybridized carbons (Fsp3) is 0.500. The third-order valence-corrected chi connectivity index (χ3v) is 2.98. The van der Waals surface area contributed by atoms with Crippen molar-refractivity contribution in [1.29, 1.82) is 0 Å². The molecule has 5 nitrogen and oxygen atoms in total. The largest absolute Gasteiger partial charge is 0.480 e. The molecule has 1 aromatic rings. The number of aliphatic hydroxyl groups excluding tert-OH is 1. The van der Waals surface area contributed by atoms with Crippen LogP contribution in [0.4, 0.5) is 5.69 Å². The van der Waals surface area contributed by atoms with Crippen molar-refractivity contribution in [1.82, 2.24) is 0 Å². The fourth-order valence-electron chi connectivity index (χ4n) is 1.87. The van der Waals surface area contributed by atoms with Gasteiger partial charge in [0.15, 0.2) is 0 Å². The zero-order valence-corrected chi connectivity index (χ0v) is 11.3. The van der Waals surface area contributed by atoms with Crippen molar-refractivity contribution < 1.29 is 15.0 Å². The molecule has 0 fully saturated rings. The van der Waals surface area contributed by atoms with E-state index in [9.17, 15) is 9.90 Å². The molecular formula is C14H22N2O3. The van der Waals surface area contributed by atoms with Gasteiger partial charge in [0.25, 0.3) is 0 Å². The van der Waals surface area contributed by atoms with Crippen molar-refractivity contribution in [3.05, 3.63) is 29.8 Å². The molecule has 0 spiro atoms. The van der Waals surface area contributed by atoms with Gasteiger partial charge in [0, 0.05) is 11.7 Å². The SMILES string of the molecule is CC(C)[C@H](Nc1ccccc1C[C@H](N)CO)C(=O)O. The number of carboxylic acids is 1. The van der Waals surface area contributed by atoms with Crippen molar-refractivity contribution in [2.45, 2.75) is 32.4 Å². The highest BCUT2D eigenvalue weighted by atomic mass is 16.4. The summed E-state index contributed by atoms with van der Waals surface area (Å²) < 4.78 is 0. The van der Waals surface area contributed by atoms with Gasteiger partial charge in [0.05, 0.1) is 6.61 Å². The number of nitrogens with one attached hydrogen (secondary N) is 1. The number of benzene rings is 1. The second-order valence-corrected chi connectivity index (χ2v) is 5.01. The van der Waals surface area contributed by atoms with Gasteiger partial charge in [-0.2, -0.15) is 0 Å². The maximum atomic E-state index is 11.2. The summed E-state index contributed by atoms with van der Waals surface area (Å²) in [4.78, 5) is 11.2. The van der Waals surface area contributed by atoms with Crippen molar-refractivity contribution in [2.24, 2.45) is 11.7 Å². The molecule has 0 aliphatic carbocycles. The van der Waals surface area contributed by atoms with E-state index in [4.69, 9.17) is 10.8 Å². The maximum Gasteiger partial charge on any atom is 0.326 e. The van der Waals surface area contributed by atoms with Gasteiger partial charge in [-0.3, -0.25) is 0 Å². The number of aliphatic carboxylic acids is 1. The quantitative estimate of drug-likeness (QED) is 0.592. The van der Waals surface area contributed by atoms with Crippen LogP contribution in [0.25, 0.3) is 0 Å². The topological polar surface area (TPSA) is 95.6 Å². The van der Waals surface area contributed by atoms with E-state index >= 15 is 0 Å². The van der Waals surface area contributed by atoms with Gasteiger partial charge in [-0.15, -0.1) is 0 Å². The van der Waals surface area contributed by atoms with Crippen LogP contribution in [0.2, 0.25) is 0 Å². The molecule has 0 amide bonds. The summed E-state index contributed by atoms with van der Waals surface area (Å²) in [6.45, 7) is 3.61. The normalized spacial score (nSPS) is 14.2. The number of aliphatic hydroxyl groups is 1. The lowest BCUT2D eigenvalue weighted by atomic mass is 10.0. The summed E-state index contributed by atoms with van der Waals surface area (Å²) in [6.07, 6.45) is 0.504. The molecule has 0 saturated heterocycles. The maximum absolute atomic E-state index is 11.2. The zero-order chi connectivity index (χ0) is 14.4. The number of nitrogens with two attached hydrogens (primary N) is 1. The first-order valence-electron chi connectivity index (χ1n) is 6.39. The predicted molar refractivity (Wildman–Crippen MR) is 75.1 cm³/mol. The lowest BCUT2D eigenvalue weighted by molar-refractivity contribution is -0.138. The number of carboxylic acid groups (broad SMARTS) is 1. The van der Waals surface area contributed by atoms with E-state index in [0.717, 1.165) is 11.3 Å². The van der Waals surface area contributed by atoms with Crippen molar-refractivity contribution in [3.8, 4) is 0 Å². The Morgan fingerprint density at radius 1 is 1.37 bits per heavy atom. The third-order valence-electron chi connectivity index (χ3n) is 2.98. The van der Waals surface area contributed by atoms with E-state index in [2.05, 4.69) is 5.32 Å². The van der Waals surface area contributed by atoms with Gasteiger partial charge in [0.2, 0.25) is 0 Å². The highest BCUT2D eigenvalue weighted by Crippen LogP contribution is 2.19. The minimum absolute atomic E-state index is 0.0305. The van der Waals surface area contributed by atoms with Crippen LogP contribution < -0.4 is 11.1 Å². The summed E-state index contributed by atoms with van der Waals surface area (Å²) in [7, 11) is 0. The Balaban J connectivity index is 2.90. The molecule has 19 heavy (non-hydrogen) atoms. The van der Waals surface area contributed by atoms with E-state index < -0.39 is 12.0 Å². The minimum atomic E-state index is -0.878. The van der Waals surface area contributed by atoms with Gasteiger partial charge in [0.1, 0.15) is 6.04 Å². The van der Waals surface area contributed by atoms with E-state index in [-0.39, 0.29) is 18.6 Å². The molecule has 0 aliphatic rings. The fourth-order valence-corrected chi connectivity index (χ4v) is 1.87. The van der Waals surface area contributed by atoms with Gasteiger partial charge in [-0.05, 0) is 24.0 Å². The predicted octanol–water partition coefficient (Wildman–Crippen LogP) is 1.07. The first kappa shape index (κ1) is 15.5. The van der Waals surface area contributed by atoms with Crippen LogP contribution in [0.3, 0.4) is 0 Å². The van der Waals surface area contributed by atoms with Crippen LogP contribution >= 0.6 is 0 Å². The highest BCUT2D eigenvalue weighted by Gasteiger charge is 2.22. The Labute approximate surface area is 113 Å². The molecule has 106 valence electrons. The van der Waals surface area contributed by atoms with Crippen molar-refractivity contribution in [2.75, 3.05) is 11.9 Å². The van der Waals surface area contributed by atoms with Crippen LogP contribution in [0.1, 0.15) is 19.4 Å². The summed E-state index contributed by atoms with van der Waals surface area (Å²) in [5.41, 5.74) is 7.40. The third kappa shape index (κ3) is 4.54. The molecule has 5 heteroatoms. The molecule has 0 aromatic heterocycles. The lowest BCUT2D eigenvalue weighted by Gasteiger charge is -2.22. The Hall–Kier alpha value is -1.59. The molecule has 0 saturated carbocycles. The van der Waals surface area contributed by atoms with Crippen molar-refractivity contribution >= 4 is 11.7 Å². The average molecular weight is 266 g/mol. The minimum Gasteiger partial charge on any atom is -0.480 e. The zero-order valence-electron chi connectivity index (χ0n) is 11.3. The van der Waals surface area contributed by atoms with E-state index in [0.29, 0.717) is 6.42 Å². The molecule has 0 aliphatic heterocycles. The summed E-state index contributed by atoms with van der Waals surface area (Å²) >= 11 is 0. The first-order chi connectivity index (χ1) is 8.95. The van der Waals surface area contributed by atoms with Gasteiger partial charge >= 0.3 is 5.97 Å². The van der Waals surface area contributed by atoms with Crippen LogP contribution in [0.15, 0.2) is 24.3 Å². The summed E-state index contributed by atoms with van der Waals surface area (Å²) in [5.74, 6) is -0.909. The number of para-hydroxylation sites is 1. The molecule has 1 rings (SSSR count). The first-order valence-corrected chi connectivity index (χ1v) is 6.39. The number of hydrogen-bond acceptors (Lipinski definition) is 4. The van der Waals surface area contributed by atoms with Crippen LogP contribution in [-0.4, -0.2) is 34.9 Å². The van der Waals surface area contributed by atoms with Gasteiger partial charge in [-0.1, -0.05) is 32.0 Å². The molecule has 0 bridgehead atoms. The Kier molecular flexibility index (Phi) is 5.79. The molecule has 5 N–H and O–H groups in total. The second kappa shape index (κ2) is 7.11. The number of anilines is 1. The molecule has 1 aromatic carbocycles. The van der Waals surface area contributed by atoms with Crippen LogP contribution in [0.5, 0.6) is 0 Å². The molecular weight excluding hydrogens is 244 g/mol. The van der Waals surface area contributed by atoms with Gasteiger partial charge < -0.3 is 21.3 Å². The van der Waals surface area contributed by atoms with Crippen LogP contribution in [0, 0.1) is 5.92 Å². The average Bonchev–Trinajstić information content (AvgIpc) is 2.36. The highest BCUT2D eigenvalue weighted by molar-refractivity contribution is 5.78. The lowest BCUT2D eigenvalue weighted by Crippen LogP contribution is -2.35. The Bertz CT molecular complexity index is 421. The standard InChI is InChI=1S/C14H22N2O3/c1-9(2)13(14(18)19)16-12-6-4-3-5-10(12)7-11(15)8-17/h3-6,9,11,13,16-17H,7-8,15H2,1-2H3,(H,18,19)/t11-,13-/m0/s1.